The van der Waals surface area contributed by atoms with Gasteiger partial charge in [-0.1, -0.05) is 24.3 Å². The molecular formula is C23H21ClN2O5. The van der Waals surface area contributed by atoms with Crippen LogP contribution in [0.3, 0.4) is 0 Å². The van der Waals surface area contributed by atoms with Crippen LogP contribution in [0.4, 0.5) is 0 Å². The quantitative estimate of drug-likeness (QED) is 0.479. The first-order chi connectivity index (χ1) is 15.0. The molecule has 0 fully saturated rings. The second-order valence-corrected chi connectivity index (χ2v) is 8.40. The summed E-state index contributed by atoms with van der Waals surface area (Å²) in [5.74, 6) is 0.402. The van der Waals surface area contributed by atoms with Crippen molar-refractivity contribution in [1.29, 1.82) is 0 Å². The molecule has 5 rings (SSSR count). The Hall–Kier alpha value is -3.03. The number of fused-ring (bicyclic) bond motifs is 4. The van der Waals surface area contributed by atoms with Crippen LogP contribution in [-0.2, 0) is 26.3 Å². The summed E-state index contributed by atoms with van der Waals surface area (Å²) in [5, 5.41) is 3.41. The molecule has 1 aromatic heterocycles. The lowest BCUT2D eigenvalue weighted by Gasteiger charge is -2.41. The van der Waals surface area contributed by atoms with Crippen LogP contribution in [0.1, 0.15) is 23.7 Å². The van der Waals surface area contributed by atoms with Gasteiger partial charge in [-0.25, -0.2) is 0 Å². The molecule has 0 radical (unpaired) electrons. The molecule has 3 aromatic rings. The lowest BCUT2D eigenvalue weighted by molar-refractivity contribution is -0.144. The summed E-state index contributed by atoms with van der Waals surface area (Å²) in [6.45, 7) is 1.74. The summed E-state index contributed by atoms with van der Waals surface area (Å²) in [6.07, 6.45) is 0.377. The Labute approximate surface area is 183 Å². The number of ether oxygens (including phenoxy) is 3. The standard InChI is InChI=1S/C23H21ClN2O5/c1-12(24)21(27)23(13-7-8-18-19(9-13)31-11-30-18)20-15(10-17(26-23)22(28)29-2)14-5-3-4-6-16(14)25-20/h3-9,12,17,25-26H,10-11H2,1-2H3/t12?,17-,23-/m1/s1. The molecule has 1 unspecified atom stereocenters. The summed E-state index contributed by atoms with van der Waals surface area (Å²) < 4.78 is 16.0. The number of alkyl halides is 1. The van der Waals surface area contributed by atoms with E-state index in [1.54, 1.807) is 25.1 Å². The number of rotatable bonds is 4. The van der Waals surface area contributed by atoms with E-state index in [0.29, 0.717) is 29.2 Å². The zero-order valence-corrected chi connectivity index (χ0v) is 17.8. The van der Waals surface area contributed by atoms with Gasteiger partial charge in [-0.15, -0.1) is 11.6 Å². The number of H-pyrrole nitrogens is 1. The Bertz CT molecular complexity index is 1200. The highest BCUT2D eigenvalue weighted by Crippen LogP contribution is 2.44. The van der Waals surface area contributed by atoms with E-state index in [1.165, 1.54) is 7.11 Å². The Morgan fingerprint density at radius 2 is 1.97 bits per heavy atom. The fraction of sp³-hybridized carbons (Fsp3) is 0.304. The second kappa shape index (κ2) is 7.28. The van der Waals surface area contributed by atoms with Gasteiger partial charge in [0.25, 0.3) is 0 Å². The van der Waals surface area contributed by atoms with Crippen molar-refractivity contribution in [2.45, 2.75) is 30.3 Å². The molecular weight excluding hydrogens is 420 g/mol. The smallest absolute Gasteiger partial charge is 0.323 e. The van der Waals surface area contributed by atoms with Crippen LogP contribution in [0, 0.1) is 0 Å². The van der Waals surface area contributed by atoms with E-state index in [2.05, 4.69) is 10.3 Å². The third-order valence-electron chi connectivity index (χ3n) is 6.01. The van der Waals surface area contributed by atoms with Crippen LogP contribution < -0.4 is 14.8 Å². The van der Waals surface area contributed by atoms with Crippen LogP contribution >= 0.6 is 11.6 Å². The summed E-state index contributed by atoms with van der Waals surface area (Å²) in [4.78, 5) is 29.8. The molecule has 2 aromatic carbocycles. The Morgan fingerprint density at radius 3 is 2.74 bits per heavy atom. The number of ketones is 1. The minimum atomic E-state index is -1.40. The van der Waals surface area contributed by atoms with Gasteiger partial charge in [0, 0.05) is 17.3 Å². The van der Waals surface area contributed by atoms with Crippen LogP contribution in [-0.4, -0.2) is 42.1 Å². The van der Waals surface area contributed by atoms with Crippen molar-refractivity contribution in [3.8, 4) is 11.5 Å². The number of esters is 1. The van der Waals surface area contributed by atoms with Crippen molar-refractivity contribution in [3.05, 3.63) is 59.3 Å². The monoisotopic (exact) mass is 440 g/mol. The largest absolute Gasteiger partial charge is 0.468 e. The van der Waals surface area contributed by atoms with Crippen LogP contribution in [0.25, 0.3) is 10.9 Å². The molecule has 160 valence electrons. The molecule has 0 saturated carbocycles. The minimum absolute atomic E-state index is 0.113. The molecule has 2 aliphatic heterocycles. The summed E-state index contributed by atoms with van der Waals surface area (Å²) in [7, 11) is 1.34. The van der Waals surface area contributed by atoms with Gasteiger partial charge < -0.3 is 19.2 Å². The van der Waals surface area contributed by atoms with Gasteiger partial charge in [-0.3, -0.25) is 14.9 Å². The third kappa shape index (κ3) is 2.91. The number of methoxy groups -OCH3 is 1. The number of benzene rings is 2. The molecule has 2 N–H and O–H groups in total. The number of aromatic nitrogens is 1. The number of halogens is 1. The van der Waals surface area contributed by atoms with E-state index < -0.39 is 22.9 Å². The maximum atomic E-state index is 13.8. The van der Waals surface area contributed by atoms with Gasteiger partial charge in [0.2, 0.25) is 6.79 Å². The van der Waals surface area contributed by atoms with E-state index in [1.807, 2.05) is 24.3 Å². The molecule has 0 spiro atoms. The number of hydrogen-bond donors (Lipinski definition) is 2. The first-order valence-electron chi connectivity index (χ1n) is 9.99. The highest BCUT2D eigenvalue weighted by atomic mass is 35.5. The molecule has 31 heavy (non-hydrogen) atoms. The molecule has 3 heterocycles. The summed E-state index contributed by atoms with van der Waals surface area (Å²) in [6, 6.07) is 12.4. The lowest BCUT2D eigenvalue weighted by Crippen LogP contribution is -2.61. The van der Waals surface area contributed by atoms with Crippen LogP contribution in [0.5, 0.6) is 11.5 Å². The van der Waals surface area contributed by atoms with Gasteiger partial charge in [-0.05, 0) is 36.2 Å². The Morgan fingerprint density at radius 1 is 1.19 bits per heavy atom. The molecule has 8 heteroatoms. The van der Waals surface area contributed by atoms with Gasteiger partial charge in [0.05, 0.1) is 18.2 Å². The number of carbonyl (C=O) groups excluding carboxylic acids is 2. The normalized spacial score (nSPS) is 22.7. The average Bonchev–Trinajstić information content (AvgIpc) is 3.41. The SMILES string of the molecule is COC(=O)[C@H]1Cc2c([nH]c3ccccc23)[C@@](C(=O)C(C)Cl)(c2ccc3c(c2)OCO3)N1. The van der Waals surface area contributed by atoms with Crippen molar-refractivity contribution >= 4 is 34.3 Å². The van der Waals surface area contributed by atoms with Crippen LogP contribution in [0.2, 0.25) is 0 Å². The molecule has 0 saturated heterocycles. The molecule has 3 atom stereocenters. The Balaban J connectivity index is 1.82. The van der Waals surface area contributed by atoms with Crippen molar-refractivity contribution in [3.63, 3.8) is 0 Å². The van der Waals surface area contributed by atoms with E-state index in [9.17, 15) is 9.59 Å². The Kier molecular flexibility index (Phi) is 4.68. The van der Waals surface area contributed by atoms with Gasteiger partial charge in [0.1, 0.15) is 11.6 Å². The van der Waals surface area contributed by atoms with Crippen molar-refractivity contribution < 1.29 is 23.8 Å². The highest BCUT2D eigenvalue weighted by Gasteiger charge is 2.52. The van der Waals surface area contributed by atoms with E-state index in [4.69, 9.17) is 25.8 Å². The maximum absolute atomic E-state index is 13.8. The minimum Gasteiger partial charge on any atom is -0.468 e. The third-order valence-corrected chi connectivity index (χ3v) is 6.21. The predicted molar refractivity (Wildman–Crippen MR) is 115 cm³/mol. The van der Waals surface area contributed by atoms with Crippen molar-refractivity contribution in [1.82, 2.24) is 10.3 Å². The predicted octanol–water partition coefficient (Wildman–Crippen LogP) is 3.02. The van der Waals surface area contributed by atoms with E-state index in [-0.39, 0.29) is 12.6 Å². The number of nitrogens with one attached hydrogen (secondary N) is 2. The zero-order chi connectivity index (χ0) is 21.8. The molecule has 2 aliphatic rings. The molecule has 0 aliphatic carbocycles. The fourth-order valence-corrected chi connectivity index (χ4v) is 4.76. The van der Waals surface area contributed by atoms with Crippen LogP contribution in [0.15, 0.2) is 42.5 Å². The lowest BCUT2D eigenvalue weighted by atomic mass is 9.75. The van der Waals surface area contributed by atoms with Crippen molar-refractivity contribution in [2.24, 2.45) is 0 Å². The first-order valence-corrected chi connectivity index (χ1v) is 10.4. The maximum Gasteiger partial charge on any atom is 0.323 e. The van der Waals surface area contributed by atoms with E-state index >= 15 is 0 Å². The van der Waals surface area contributed by atoms with Crippen molar-refractivity contribution in [2.75, 3.05) is 13.9 Å². The molecule has 0 amide bonds. The van der Waals surface area contributed by atoms with Gasteiger partial charge in [-0.2, -0.15) is 0 Å². The average molecular weight is 441 g/mol. The topological polar surface area (TPSA) is 89.7 Å². The fourth-order valence-electron chi connectivity index (χ4n) is 4.60. The van der Waals surface area contributed by atoms with E-state index in [0.717, 1.165) is 16.5 Å². The second-order valence-electron chi connectivity index (χ2n) is 7.75. The number of carbonyl (C=O) groups is 2. The highest BCUT2D eigenvalue weighted by molar-refractivity contribution is 6.32. The van der Waals surface area contributed by atoms with Gasteiger partial charge in [0.15, 0.2) is 17.3 Å². The number of Topliss-reactive ketones (excluding diaryl/α,β-unsaturated/α-hetero) is 1. The molecule has 7 nitrogen and oxygen atoms in total. The van der Waals surface area contributed by atoms with Gasteiger partial charge >= 0.3 is 5.97 Å². The zero-order valence-electron chi connectivity index (χ0n) is 17.0. The molecule has 0 bridgehead atoms. The number of aromatic amines is 1. The number of hydrogen-bond acceptors (Lipinski definition) is 6. The first kappa shape index (κ1) is 19.9. The number of para-hydroxylation sites is 1. The summed E-state index contributed by atoms with van der Waals surface area (Å²) in [5.41, 5.74) is 1.64. The summed E-state index contributed by atoms with van der Waals surface area (Å²) >= 11 is 6.37.